The fourth-order valence-electron chi connectivity index (χ4n) is 2.54. The number of nitrogens with one attached hydrogen (secondary N) is 2. The van der Waals surface area contributed by atoms with Crippen LogP contribution in [0.25, 0.3) is 0 Å². The first-order chi connectivity index (χ1) is 11.2. The molecule has 2 rings (SSSR count). The van der Waals surface area contributed by atoms with Crippen molar-refractivity contribution in [2.75, 3.05) is 20.1 Å². The minimum atomic E-state index is 0. The van der Waals surface area contributed by atoms with Crippen LogP contribution in [0, 0.1) is 13.8 Å². The van der Waals surface area contributed by atoms with Gasteiger partial charge in [0.05, 0.1) is 0 Å². The van der Waals surface area contributed by atoms with E-state index in [1.165, 1.54) is 16.7 Å². The number of rotatable bonds is 7. The Morgan fingerprint density at radius 2 is 2.00 bits per heavy atom. The minimum Gasteiger partial charge on any atom is -0.356 e. The molecule has 2 N–H and O–H groups in total. The van der Waals surface area contributed by atoms with E-state index in [9.17, 15) is 0 Å². The zero-order valence-corrected chi connectivity index (χ0v) is 17.1. The predicted octanol–water partition coefficient (Wildman–Crippen LogP) is 2.92. The molecule has 24 heavy (non-hydrogen) atoms. The Hall–Kier alpha value is -1.57. The molecule has 0 saturated heterocycles. The summed E-state index contributed by atoms with van der Waals surface area (Å²) < 4.78 is 1.94. The third-order valence-corrected chi connectivity index (χ3v) is 3.82. The number of aromatic nitrogens is 2. The molecule has 0 bridgehead atoms. The van der Waals surface area contributed by atoms with Crippen LogP contribution >= 0.6 is 24.0 Å². The van der Waals surface area contributed by atoms with Crippen molar-refractivity contribution in [3.05, 3.63) is 53.3 Å². The maximum absolute atomic E-state index is 4.26. The highest BCUT2D eigenvalue weighted by Crippen LogP contribution is 2.10. The Morgan fingerprint density at radius 3 is 2.67 bits per heavy atom. The second kappa shape index (κ2) is 11.1. The van der Waals surface area contributed by atoms with Crippen molar-refractivity contribution in [3.63, 3.8) is 0 Å². The van der Waals surface area contributed by atoms with Crippen LogP contribution in [-0.4, -0.2) is 35.9 Å². The van der Waals surface area contributed by atoms with Crippen molar-refractivity contribution in [3.8, 4) is 0 Å². The molecule has 0 fully saturated rings. The van der Waals surface area contributed by atoms with E-state index in [4.69, 9.17) is 0 Å². The summed E-state index contributed by atoms with van der Waals surface area (Å²) in [5.41, 5.74) is 4.06. The highest BCUT2D eigenvalue weighted by molar-refractivity contribution is 14.0. The number of nitrogens with zero attached hydrogens (tertiary/aromatic N) is 3. The average Bonchev–Trinajstić information content (AvgIpc) is 3.05. The molecule has 0 spiro atoms. The first kappa shape index (κ1) is 20.5. The highest BCUT2D eigenvalue weighted by Gasteiger charge is 2.01. The third kappa shape index (κ3) is 6.90. The number of benzene rings is 1. The van der Waals surface area contributed by atoms with Gasteiger partial charge in [-0.15, -0.1) is 24.0 Å². The van der Waals surface area contributed by atoms with Gasteiger partial charge < -0.3 is 10.6 Å². The molecule has 1 aromatic carbocycles. The zero-order valence-electron chi connectivity index (χ0n) is 14.7. The molecule has 0 unspecified atom stereocenters. The van der Waals surface area contributed by atoms with Gasteiger partial charge in [-0.25, -0.2) is 0 Å². The second-order valence-electron chi connectivity index (χ2n) is 5.73. The zero-order chi connectivity index (χ0) is 16.5. The smallest absolute Gasteiger partial charge is 0.190 e. The summed E-state index contributed by atoms with van der Waals surface area (Å²) in [5.74, 6) is 0.857. The Balaban J connectivity index is 0.00000288. The SMILES string of the molecule is CN=C(NCCCn1cccn1)NCCc1ccc(C)cc1C.I. The molecule has 1 heterocycles. The fourth-order valence-corrected chi connectivity index (χ4v) is 2.54. The summed E-state index contributed by atoms with van der Waals surface area (Å²) in [6, 6.07) is 8.57. The summed E-state index contributed by atoms with van der Waals surface area (Å²) in [6.07, 6.45) is 5.80. The van der Waals surface area contributed by atoms with Gasteiger partial charge in [-0.2, -0.15) is 5.10 Å². The number of hydrogen-bond donors (Lipinski definition) is 2. The van der Waals surface area contributed by atoms with Crippen molar-refractivity contribution in [1.82, 2.24) is 20.4 Å². The van der Waals surface area contributed by atoms with Crippen LogP contribution in [0.5, 0.6) is 0 Å². The number of aliphatic imine (C=N–C) groups is 1. The first-order valence-electron chi connectivity index (χ1n) is 8.17. The molecule has 0 aliphatic heterocycles. The Morgan fingerprint density at radius 1 is 1.21 bits per heavy atom. The van der Waals surface area contributed by atoms with E-state index in [1.807, 2.05) is 16.9 Å². The van der Waals surface area contributed by atoms with Crippen LogP contribution in [0.2, 0.25) is 0 Å². The monoisotopic (exact) mass is 441 g/mol. The van der Waals surface area contributed by atoms with Crippen molar-refractivity contribution in [2.45, 2.75) is 33.2 Å². The molecule has 1 aromatic heterocycles. The summed E-state index contributed by atoms with van der Waals surface area (Å²) in [6.45, 7) is 6.97. The summed E-state index contributed by atoms with van der Waals surface area (Å²) in [7, 11) is 1.81. The molecule has 6 heteroatoms. The molecule has 132 valence electrons. The van der Waals surface area contributed by atoms with E-state index in [1.54, 1.807) is 13.2 Å². The lowest BCUT2D eigenvalue weighted by Gasteiger charge is -2.13. The van der Waals surface area contributed by atoms with Gasteiger partial charge in [0, 0.05) is 39.1 Å². The van der Waals surface area contributed by atoms with E-state index in [0.29, 0.717) is 0 Å². The van der Waals surface area contributed by atoms with Gasteiger partial charge in [-0.3, -0.25) is 9.67 Å². The van der Waals surface area contributed by atoms with Crippen molar-refractivity contribution >= 4 is 29.9 Å². The standard InChI is InChI=1S/C18H27N5.HI/c1-15-6-7-17(16(2)14-15)8-11-21-18(19-3)20-9-4-12-23-13-5-10-22-23;/h5-7,10,13-14H,4,8-9,11-12H2,1-3H3,(H2,19,20,21);1H. The molecular weight excluding hydrogens is 413 g/mol. The topological polar surface area (TPSA) is 54.2 Å². The summed E-state index contributed by atoms with van der Waals surface area (Å²) in [5, 5.41) is 10.9. The minimum absolute atomic E-state index is 0. The molecular formula is C18H28IN5. The predicted molar refractivity (Wildman–Crippen MR) is 111 cm³/mol. The average molecular weight is 441 g/mol. The number of halogens is 1. The van der Waals surface area contributed by atoms with Crippen molar-refractivity contribution < 1.29 is 0 Å². The normalized spacial score (nSPS) is 11.0. The summed E-state index contributed by atoms with van der Waals surface area (Å²) >= 11 is 0. The molecule has 0 radical (unpaired) electrons. The van der Waals surface area contributed by atoms with Crippen LogP contribution in [0.3, 0.4) is 0 Å². The number of hydrogen-bond acceptors (Lipinski definition) is 2. The molecule has 0 aliphatic rings. The molecule has 0 amide bonds. The highest BCUT2D eigenvalue weighted by atomic mass is 127. The molecule has 0 atom stereocenters. The first-order valence-corrected chi connectivity index (χ1v) is 8.17. The van der Waals surface area contributed by atoms with Gasteiger partial charge >= 0.3 is 0 Å². The Bertz CT molecular complexity index is 622. The lowest BCUT2D eigenvalue weighted by molar-refractivity contribution is 0.570. The number of aryl methyl sites for hydroxylation is 3. The Labute approximate surface area is 162 Å². The van der Waals surface area contributed by atoms with Crippen LogP contribution < -0.4 is 10.6 Å². The molecule has 5 nitrogen and oxygen atoms in total. The van der Waals surface area contributed by atoms with E-state index in [-0.39, 0.29) is 24.0 Å². The Kier molecular flexibility index (Phi) is 9.44. The maximum atomic E-state index is 4.26. The molecule has 2 aromatic rings. The lowest BCUT2D eigenvalue weighted by Crippen LogP contribution is -2.39. The van der Waals surface area contributed by atoms with E-state index < -0.39 is 0 Å². The van der Waals surface area contributed by atoms with E-state index >= 15 is 0 Å². The number of guanidine groups is 1. The van der Waals surface area contributed by atoms with Crippen molar-refractivity contribution in [1.29, 1.82) is 0 Å². The van der Waals surface area contributed by atoms with E-state index in [2.05, 4.69) is 52.8 Å². The van der Waals surface area contributed by atoms with E-state index in [0.717, 1.165) is 38.4 Å². The maximum Gasteiger partial charge on any atom is 0.190 e. The van der Waals surface area contributed by atoms with Crippen LogP contribution in [0.15, 0.2) is 41.7 Å². The lowest BCUT2D eigenvalue weighted by atomic mass is 10.0. The van der Waals surface area contributed by atoms with Gasteiger partial charge in [0.2, 0.25) is 0 Å². The quantitative estimate of drug-likeness (QED) is 0.301. The van der Waals surface area contributed by atoms with Crippen LogP contribution in [-0.2, 0) is 13.0 Å². The van der Waals surface area contributed by atoms with Gasteiger partial charge in [0.15, 0.2) is 5.96 Å². The van der Waals surface area contributed by atoms with Gasteiger partial charge in [-0.05, 0) is 43.9 Å². The van der Waals surface area contributed by atoms with Gasteiger partial charge in [-0.1, -0.05) is 23.8 Å². The van der Waals surface area contributed by atoms with Gasteiger partial charge in [0.25, 0.3) is 0 Å². The van der Waals surface area contributed by atoms with Crippen LogP contribution in [0.4, 0.5) is 0 Å². The fraction of sp³-hybridized carbons (Fsp3) is 0.444. The third-order valence-electron chi connectivity index (χ3n) is 3.82. The molecule has 0 aliphatic carbocycles. The van der Waals surface area contributed by atoms with Crippen LogP contribution in [0.1, 0.15) is 23.1 Å². The summed E-state index contributed by atoms with van der Waals surface area (Å²) in [4.78, 5) is 4.26. The molecule has 0 saturated carbocycles. The van der Waals surface area contributed by atoms with Crippen molar-refractivity contribution in [2.24, 2.45) is 4.99 Å². The second-order valence-corrected chi connectivity index (χ2v) is 5.73. The van der Waals surface area contributed by atoms with Gasteiger partial charge in [0.1, 0.15) is 0 Å². The largest absolute Gasteiger partial charge is 0.356 e.